The van der Waals surface area contributed by atoms with Gasteiger partial charge in [-0.3, -0.25) is 0 Å². The summed E-state index contributed by atoms with van der Waals surface area (Å²) in [7, 11) is 0. The highest BCUT2D eigenvalue weighted by Crippen LogP contribution is 2.55. The van der Waals surface area contributed by atoms with Gasteiger partial charge in [0.2, 0.25) is 0 Å². The molecule has 2 aliphatic rings. The molecule has 100 heavy (non-hydrogen) atoms. The van der Waals surface area contributed by atoms with Crippen LogP contribution in [0.15, 0.2) is 358 Å². The molecule has 0 radical (unpaired) electrons. The van der Waals surface area contributed by atoms with E-state index in [0.29, 0.717) is 11.3 Å². The fourth-order valence-corrected chi connectivity index (χ4v) is 15.9. The minimum atomic E-state index is -0.465. The SMILES string of the molecule is [2H]c1c([2H])c([2H])c2c(c1[2H])c1c([2H])c([2H])c(-c3cccc(-c4ccccc4)c3)c([2H])c1n2-c1ccc2c(c1)N(c1c(-c3ccccc3)cccc1-c1ccccc1)c1cc(C(C)(C)C)cc3c1B2c1cc(-c2ccccc2)ccc1N3c1c(-c2ccccc2)cccc1-c1cccc2ccc3ccccc3c12. The standard InChI is InChI=1S/C96H68BN3/c1-96(2,3)74-60-90-93-91(61-74)100(94-77(65-31-13-6-14-32-65)43-25-44-78(94)66-33-15-7-16-34-66)89-62-75(98-86-48-22-21-42-80(86)81-54-51-73(59-88(81)98)71-40-23-39-70(57-71)63-27-9-4-10-28-63)53-55-84(89)97(93)85-58-72(64-29-11-5-12-30-64)52-56-87(85)99(90)95-79(67-35-17-8-18-36-67)45-26-47-83(95)82-46-24-38-69-50-49-68-37-19-20-41-76(68)92(69)82/h4-62H,1-3H3/i21D,22D,42D,48D,51D,54D,59D. The van der Waals surface area contributed by atoms with Crippen LogP contribution in [0.4, 0.5) is 34.1 Å². The number of anilines is 6. The summed E-state index contributed by atoms with van der Waals surface area (Å²) in [4.78, 5) is 5.06. The van der Waals surface area contributed by atoms with Crippen molar-refractivity contribution in [3.8, 4) is 83.6 Å². The third-order valence-corrected chi connectivity index (χ3v) is 20.5. The molecule has 0 bridgehead atoms. The van der Waals surface area contributed by atoms with Crippen LogP contribution in [0.1, 0.15) is 35.9 Å². The number of fused-ring (bicyclic) bond motifs is 10. The summed E-state index contributed by atoms with van der Waals surface area (Å²) in [5, 5.41) is 4.82. The summed E-state index contributed by atoms with van der Waals surface area (Å²) in [6.07, 6.45) is 0. The van der Waals surface area contributed by atoms with Crippen LogP contribution in [-0.2, 0) is 5.41 Å². The second-order valence-electron chi connectivity index (χ2n) is 27.3. The second-order valence-corrected chi connectivity index (χ2v) is 27.3. The van der Waals surface area contributed by atoms with E-state index in [0.717, 1.165) is 134 Å². The van der Waals surface area contributed by atoms with E-state index >= 15 is 0 Å². The summed E-state index contributed by atoms with van der Waals surface area (Å²) < 4.78 is 71.0. The van der Waals surface area contributed by atoms with Gasteiger partial charge in [-0.15, -0.1) is 0 Å². The smallest absolute Gasteiger partial charge is 0.252 e. The molecule has 0 fully saturated rings. The number of benzene rings is 16. The van der Waals surface area contributed by atoms with E-state index in [-0.39, 0.29) is 57.6 Å². The third kappa shape index (κ3) is 9.65. The summed E-state index contributed by atoms with van der Waals surface area (Å²) in [6.45, 7) is 6.42. The first-order valence-electron chi connectivity index (χ1n) is 37.9. The molecule has 470 valence electrons. The van der Waals surface area contributed by atoms with Crippen LogP contribution in [0.3, 0.4) is 0 Å². The zero-order valence-electron chi connectivity index (χ0n) is 62.4. The summed E-state index contributed by atoms with van der Waals surface area (Å²) in [5.74, 6) is 0. The van der Waals surface area contributed by atoms with Crippen LogP contribution in [0.2, 0.25) is 0 Å². The van der Waals surface area contributed by atoms with E-state index in [1.54, 1.807) is 4.57 Å². The molecule has 0 amide bonds. The van der Waals surface area contributed by atoms with Gasteiger partial charge in [0.1, 0.15) is 0 Å². The number of para-hydroxylation sites is 3. The lowest BCUT2D eigenvalue weighted by atomic mass is 9.33. The van der Waals surface area contributed by atoms with Crippen LogP contribution in [0.5, 0.6) is 0 Å². The van der Waals surface area contributed by atoms with Crippen LogP contribution in [0.25, 0.3) is 127 Å². The molecule has 4 heteroatoms. The monoisotopic (exact) mass is 1280 g/mol. The van der Waals surface area contributed by atoms with Gasteiger partial charge in [-0.25, -0.2) is 0 Å². The molecule has 16 aromatic carbocycles. The molecule has 3 heterocycles. The fourth-order valence-electron chi connectivity index (χ4n) is 15.9. The van der Waals surface area contributed by atoms with Gasteiger partial charge in [-0.05, 0) is 153 Å². The molecule has 0 unspecified atom stereocenters. The molecule has 0 aliphatic carbocycles. The Balaban J connectivity index is 0.979. The van der Waals surface area contributed by atoms with Gasteiger partial charge in [0.25, 0.3) is 6.71 Å². The van der Waals surface area contributed by atoms with Crippen molar-refractivity contribution in [3.63, 3.8) is 0 Å². The Morgan fingerprint density at radius 1 is 0.310 bits per heavy atom. The minimum absolute atomic E-state index is 0.0735. The number of aromatic nitrogens is 1. The molecule has 2 aliphatic heterocycles. The van der Waals surface area contributed by atoms with Gasteiger partial charge < -0.3 is 14.4 Å². The lowest BCUT2D eigenvalue weighted by Gasteiger charge is -2.46. The van der Waals surface area contributed by atoms with Gasteiger partial charge in [0.15, 0.2) is 0 Å². The van der Waals surface area contributed by atoms with Crippen LogP contribution < -0.4 is 26.2 Å². The minimum Gasteiger partial charge on any atom is -0.310 e. The van der Waals surface area contributed by atoms with E-state index < -0.39 is 24.2 Å². The molecule has 3 nitrogen and oxygen atoms in total. The van der Waals surface area contributed by atoms with E-state index in [4.69, 9.17) is 0 Å². The molecular formula is C96H68BN3. The maximum Gasteiger partial charge on any atom is 0.252 e. The van der Waals surface area contributed by atoms with Crippen molar-refractivity contribution in [3.05, 3.63) is 363 Å². The van der Waals surface area contributed by atoms with Crippen molar-refractivity contribution in [2.75, 3.05) is 9.80 Å². The average molecular weight is 1280 g/mol. The Labute approximate surface area is 594 Å². The number of hydrogen-bond acceptors (Lipinski definition) is 2. The molecule has 17 aromatic rings. The van der Waals surface area contributed by atoms with E-state index in [1.807, 2.05) is 60.7 Å². The van der Waals surface area contributed by atoms with Crippen molar-refractivity contribution >= 4 is 101 Å². The zero-order valence-corrected chi connectivity index (χ0v) is 55.4. The Morgan fingerprint density at radius 2 is 0.800 bits per heavy atom. The Kier molecular flexibility index (Phi) is 12.2. The molecule has 1 aromatic heterocycles. The van der Waals surface area contributed by atoms with Crippen molar-refractivity contribution in [2.24, 2.45) is 0 Å². The predicted octanol–water partition coefficient (Wildman–Crippen LogP) is 24.1. The topological polar surface area (TPSA) is 11.4 Å². The highest BCUT2D eigenvalue weighted by molar-refractivity contribution is 7.00. The van der Waals surface area contributed by atoms with Crippen molar-refractivity contribution in [1.82, 2.24) is 4.57 Å². The van der Waals surface area contributed by atoms with Crippen molar-refractivity contribution in [2.45, 2.75) is 26.2 Å². The molecule has 0 N–H and O–H groups in total. The Hall–Kier alpha value is -12.5. The molecule has 0 saturated heterocycles. The lowest BCUT2D eigenvalue weighted by molar-refractivity contribution is 0.590. The van der Waals surface area contributed by atoms with Gasteiger partial charge >= 0.3 is 0 Å². The maximum absolute atomic E-state index is 10.7. The van der Waals surface area contributed by atoms with Gasteiger partial charge in [0, 0.05) is 61.5 Å². The van der Waals surface area contributed by atoms with Crippen LogP contribution >= 0.6 is 0 Å². The van der Waals surface area contributed by atoms with E-state index in [9.17, 15) is 9.60 Å². The molecule has 0 saturated carbocycles. The summed E-state index contributed by atoms with van der Waals surface area (Å²) in [6, 6.07) is 110. The normalized spacial score (nSPS) is 13.5. The first kappa shape index (κ1) is 51.7. The highest BCUT2D eigenvalue weighted by atomic mass is 15.2. The van der Waals surface area contributed by atoms with Gasteiger partial charge in [-0.1, -0.05) is 330 Å². The third-order valence-electron chi connectivity index (χ3n) is 20.5. The molecule has 19 rings (SSSR count). The average Bonchev–Trinajstić information content (AvgIpc) is 1.25. The number of nitrogens with zero attached hydrogens (tertiary/aromatic N) is 3. The Morgan fingerprint density at radius 3 is 1.44 bits per heavy atom. The fraction of sp³-hybridized carbons (Fsp3) is 0.0417. The van der Waals surface area contributed by atoms with Crippen molar-refractivity contribution < 1.29 is 9.60 Å². The van der Waals surface area contributed by atoms with Crippen LogP contribution in [0, 0.1) is 0 Å². The summed E-state index contributed by atoms with van der Waals surface area (Å²) >= 11 is 0. The largest absolute Gasteiger partial charge is 0.310 e. The zero-order chi connectivity index (χ0) is 72.7. The van der Waals surface area contributed by atoms with E-state index in [1.165, 1.54) is 10.8 Å². The number of rotatable bonds is 10. The maximum atomic E-state index is 10.7. The first-order valence-corrected chi connectivity index (χ1v) is 34.4. The lowest BCUT2D eigenvalue weighted by Crippen LogP contribution is -2.61. The van der Waals surface area contributed by atoms with Crippen LogP contribution in [-0.4, -0.2) is 11.3 Å². The number of hydrogen-bond donors (Lipinski definition) is 0. The van der Waals surface area contributed by atoms with Crippen molar-refractivity contribution in [1.29, 1.82) is 0 Å². The molecule has 0 atom stereocenters. The highest BCUT2D eigenvalue weighted by Gasteiger charge is 2.46. The molecular weight excluding hydrogens is 1210 g/mol. The first-order chi connectivity index (χ1) is 52.2. The quantitative estimate of drug-likeness (QED) is 0.0999. The second kappa shape index (κ2) is 23.7. The Bertz CT molecular complexity index is 6460. The predicted molar refractivity (Wildman–Crippen MR) is 427 cm³/mol. The summed E-state index contributed by atoms with van der Waals surface area (Å²) in [5.41, 5.74) is 23.2. The van der Waals surface area contributed by atoms with E-state index in [2.05, 4.69) is 285 Å². The molecule has 0 spiro atoms. The van der Waals surface area contributed by atoms with Gasteiger partial charge in [0.05, 0.1) is 32.0 Å². The van der Waals surface area contributed by atoms with Gasteiger partial charge in [-0.2, -0.15) is 0 Å².